The number of carbonyl (C=O) groups excluding carboxylic acids is 1. The van der Waals surface area contributed by atoms with E-state index in [1.165, 1.54) is 6.20 Å². The second kappa shape index (κ2) is 5.81. The molecule has 124 valence electrons. The van der Waals surface area contributed by atoms with Crippen LogP contribution in [-0.2, 0) is 0 Å². The normalized spacial score (nSPS) is 28.6. The molecule has 1 aromatic heterocycles. The van der Waals surface area contributed by atoms with Gasteiger partial charge in [0.05, 0.1) is 11.2 Å². The molecule has 2 aliphatic carbocycles. The average molecular weight is 317 g/mol. The number of nitrogens with one attached hydrogen (secondary N) is 2. The lowest BCUT2D eigenvalue weighted by molar-refractivity contribution is 0.0521. The highest BCUT2D eigenvalue weighted by Crippen LogP contribution is 2.51. The van der Waals surface area contributed by atoms with Gasteiger partial charge in [0, 0.05) is 18.3 Å². The molecule has 2 bridgehead atoms. The van der Waals surface area contributed by atoms with Gasteiger partial charge in [0.1, 0.15) is 5.82 Å². The average Bonchev–Trinajstić information content (AvgIpc) is 3.00. The van der Waals surface area contributed by atoms with Gasteiger partial charge >= 0.3 is 0 Å². The molecule has 5 N–H and O–H groups in total. The third-order valence-electron chi connectivity index (χ3n) is 4.88. The van der Waals surface area contributed by atoms with E-state index in [9.17, 15) is 9.90 Å². The first kappa shape index (κ1) is 15.7. The van der Waals surface area contributed by atoms with E-state index in [-0.39, 0.29) is 11.1 Å². The number of fused-ring (bicyclic) bond motifs is 2. The molecule has 1 amide bonds. The summed E-state index contributed by atoms with van der Waals surface area (Å²) in [5.74, 6) is 0.327. The Morgan fingerprint density at radius 1 is 1.43 bits per heavy atom. The van der Waals surface area contributed by atoms with Crippen LogP contribution in [-0.4, -0.2) is 38.7 Å². The number of rotatable bonds is 7. The van der Waals surface area contributed by atoms with E-state index in [2.05, 4.69) is 27.2 Å². The van der Waals surface area contributed by atoms with Crippen LogP contribution in [0.4, 0.5) is 11.8 Å². The Morgan fingerprint density at radius 3 is 2.74 bits per heavy atom. The topological polar surface area (TPSA) is 113 Å². The summed E-state index contributed by atoms with van der Waals surface area (Å²) in [5, 5.41) is 16.8. The van der Waals surface area contributed by atoms with Crippen LogP contribution in [0.25, 0.3) is 0 Å². The molecule has 0 unspecified atom stereocenters. The summed E-state index contributed by atoms with van der Waals surface area (Å²) in [6, 6.07) is 0. The van der Waals surface area contributed by atoms with Crippen LogP contribution in [0.1, 0.15) is 48.9 Å². The third kappa shape index (κ3) is 3.14. The molecule has 0 atom stereocenters. The molecule has 0 radical (unpaired) electrons. The Bertz CT molecular complexity index is 623. The molecule has 2 fully saturated rings. The quantitative estimate of drug-likeness (QED) is 0.447. The van der Waals surface area contributed by atoms with Crippen LogP contribution in [0, 0.1) is 0 Å². The minimum absolute atomic E-state index is 0.138. The van der Waals surface area contributed by atoms with Gasteiger partial charge in [-0.3, -0.25) is 4.79 Å². The van der Waals surface area contributed by atoms with Gasteiger partial charge in [-0.25, -0.2) is 4.98 Å². The van der Waals surface area contributed by atoms with Crippen molar-refractivity contribution in [3.8, 4) is 0 Å². The number of anilines is 2. The molecule has 1 aromatic rings. The van der Waals surface area contributed by atoms with Gasteiger partial charge in [-0.05, 0) is 38.5 Å². The van der Waals surface area contributed by atoms with Crippen molar-refractivity contribution in [2.45, 2.75) is 49.7 Å². The van der Waals surface area contributed by atoms with Crippen molar-refractivity contribution >= 4 is 17.7 Å². The summed E-state index contributed by atoms with van der Waals surface area (Å²) in [5.41, 5.74) is 4.97. The number of hydrogen-bond acceptors (Lipinski definition) is 6. The second-order valence-corrected chi connectivity index (χ2v) is 6.63. The highest BCUT2D eigenvalue weighted by molar-refractivity contribution is 5.97. The lowest BCUT2D eigenvalue weighted by atomic mass is 9.93. The van der Waals surface area contributed by atoms with Crippen molar-refractivity contribution in [3.05, 3.63) is 24.4 Å². The molecule has 3 rings (SSSR count). The summed E-state index contributed by atoms with van der Waals surface area (Å²) >= 11 is 0. The summed E-state index contributed by atoms with van der Waals surface area (Å²) in [7, 11) is 0. The molecule has 0 spiro atoms. The maximum absolute atomic E-state index is 11.5. The first-order valence-corrected chi connectivity index (χ1v) is 7.98. The monoisotopic (exact) mass is 317 g/mol. The largest absolute Gasteiger partial charge is 0.390 e. The zero-order chi connectivity index (χ0) is 16.5. The molecule has 2 aliphatic rings. The first-order chi connectivity index (χ1) is 11.0. The predicted octanol–water partition coefficient (Wildman–Crippen LogP) is 1.42. The van der Waals surface area contributed by atoms with E-state index in [0.717, 1.165) is 38.5 Å². The van der Waals surface area contributed by atoms with E-state index in [0.29, 0.717) is 18.3 Å². The van der Waals surface area contributed by atoms with Crippen molar-refractivity contribution in [3.63, 3.8) is 0 Å². The van der Waals surface area contributed by atoms with Gasteiger partial charge in [0.2, 0.25) is 5.95 Å². The summed E-state index contributed by atoms with van der Waals surface area (Å²) < 4.78 is 0. The van der Waals surface area contributed by atoms with Crippen LogP contribution in [0.2, 0.25) is 0 Å². The van der Waals surface area contributed by atoms with Crippen LogP contribution in [0.15, 0.2) is 18.9 Å². The number of aromatic nitrogens is 2. The Kier molecular flexibility index (Phi) is 3.97. The molecule has 1 heterocycles. The highest BCUT2D eigenvalue weighted by Gasteiger charge is 2.53. The van der Waals surface area contributed by atoms with Crippen molar-refractivity contribution in [1.82, 2.24) is 9.97 Å². The number of aliphatic hydroxyl groups is 1. The number of primary amides is 1. The molecule has 7 heteroatoms. The lowest BCUT2D eigenvalue weighted by Crippen LogP contribution is -2.34. The minimum Gasteiger partial charge on any atom is -0.390 e. The van der Waals surface area contributed by atoms with Gasteiger partial charge < -0.3 is 21.5 Å². The SMILES string of the molecule is C=CCCNc1nc(NC23CCC(O)(CC2)C3)ncc1C(N)=O. The van der Waals surface area contributed by atoms with Crippen molar-refractivity contribution in [2.24, 2.45) is 5.73 Å². The zero-order valence-electron chi connectivity index (χ0n) is 13.1. The number of carbonyl (C=O) groups is 1. The molecular weight excluding hydrogens is 294 g/mol. The second-order valence-electron chi connectivity index (χ2n) is 6.63. The van der Waals surface area contributed by atoms with Crippen LogP contribution >= 0.6 is 0 Å². The maximum Gasteiger partial charge on any atom is 0.254 e. The molecule has 0 saturated heterocycles. The van der Waals surface area contributed by atoms with Crippen LogP contribution in [0.3, 0.4) is 0 Å². The van der Waals surface area contributed by atoms with Gasteiger partial charge in [0.15, 0.2) is 0 Å². The number of nitrogens with two attached hydrogens (primary N) is 1. The predicted molar refractivity (Wildman–Crippen MR) is 88.2 cm³/mol. The standard InChI is InChI=1S/C16H23N5O2/c1-2-3-8-18-13-11(12(17)22)9-19-14(20-13)21-15-4-6-16(23,10-15)7-5-15/h2,9,23H,1,3-8,10H2,(H2,17,22)(H2,18,19,20,21). The summed E-state index contributed by atoms with van der Waals surface area (Å²) in [4.78, 5) is 20.1. The molecular formula is C16H23N5O2. The Hall–Kier alpha value is -2.15. The van der Waals surface area contributed by atoms with Gasteiger partial charge in [-0.1, -0.05) is 6.08 Å². The van der Waals surface area contributed by atoms with E-state index < -0.39 is 11.5 Å². The number of hydrogen-bond donors (Lipinski definition) is 4. The minimum atomic E-state index is -0.563. The molecule has 2 saturated carbocycles. The summed E-state index contributed by atoms with van der Waals surface area (Å²) in [6.07, 6.45) is 8.14. The van der Waals surface area contributed by atoms with Crippen LogP contribution in [0.5, 0.6) is 0 Å². The van der Waals surface area contributed by atoms with Gasteiger partial charge in [-0.2, -0.15) is 4.98 Å². The Morgan fingerprint density at radius 2 is 2.17 bits per heavy atom. The summed E-state index contributed by atoms with van der Waals surface area (Å²) in [6.45, 7) is 4.28. The van der Waals surface area contributed by atoms with E-state index in [4.69, 9.17) is 5.73 Å². The van der Waals surface area contributed by atoms with E-state index >= 15 is 0 Å². The van der Waals surface area contributed by atoms with E-state index in [1.54, 1.807) is 6.08 Å². The Labute approximate surface area is 135 Å². The van der Waals surface area contributed by atoms with Crippen molar-refractivity contribution in [1.29, 1.82) is 0 Å². The molecule has 7 nitrogen and oxygen atoms in total. The van der Waals surface area contributed by atoms with Crippen molar-refractivity contribution < 1.29 is 9.90 Å². The van der Waals surface area contributed by atoms with Gasteiger partial charge in [-0.15, -0.1) is 6.58 Å². The van der Waals surface area contributed by atoms with E-state index in [1.807, 2.05) is 0 Å². The smallest absolute Gasteiger partial charge is 0.254 e. The maximum atomic E-state index is 11.5. The molecule has 0 aliphatic heterocycles. The third-order valence-corrected chi connectivity index (χ3v) is 4.88. The molecule has 23 heavy (non-hydrogen) atoms. The van der Waals surface area contributed by atoms with Crippen molar-refractivity contribution in [2.75, 3.05) is 17.2 Å². The fraction of sp³-hybridized carbons (Fsp3) is 0.562. The molecule has 0 aromatic carbocycles. The fourth-order valence-corrected chi connectivity index (χ4v) is 3.63. The number of amides is 1. The number of nitrogens with zero attached hydrogens (tertiary/aromatic N) is 2. The highest BCUT2D eigenvalue weighted by atomic mass is 16.3. The first-order valence-electron chi connectivity index (χ1n) is 7.98. The zero-order valence-corrected chi connectivity index (χ0v) is 13.1. The van der Waals surface area contributed by atoms with Gasteiger partial charge in [0.25, 0.3) is 5.91 Å². The lowest BCUT2D eigenvalue weighted by Gasteiger charge is -2.28. The fourth-order valence-electron chi connectivity index (χ4n) is 3.63. The Balaban J connectivity index is 1.79. The van der Waals surface area contributed by atoms with Crippen LogP contribution < -0.4 is 16.4 Å².